The maximum Gasteiger partial charge on any atom is 0.347 e. The monoisotopic (exact) mass is 306 g/mol. The first kappa shape index (κ1) is 9.25. The maximum absolute atomic E-state index is 12.4. The summed E-state index contributed by atoms with van der Waals surface area (Å²) in [5.74, 6) is -2.92. The maximum atomic E-state index is 12.4. The van der Waals surface area contributed by atoms with Crippen LogP contribution in [0.1, 0.15) is 37.8 Å². The van der Waals surface area contributed by atoms with Crippen molar-refractivity contribution >= 4 is 11.8 Å². The van der Waals surface area contributed by atoms with Gasteiger partial charge in [0, 0.05) is 19.4 Å². The van der Waals surface area contributed by atoms with Crippen molar-refractivity contribution in [2.75, 3.05) is 0 Å². The van der Waals surface area contributed by atoms with E-state index in [1.165, 1.54) is 36.4 Å². The Balaban J connectivity index is 2.37. The van der Waals surface area contributed by atoms with Gasteiger partial charge in [-0.05, 0) is 62.2 Å². The Morgan fingerprint density at radius 1 is 1.00 bits per heavy atom. The Kier molecular flexibility index (Phi) is 2.48. The summed E-state index contributed by atoms with van der Waals surface area (Å²) in [4.78, 5) is 24.0. The molecule has 2 aromatic rings. The van der Waals surface area contributed by atoms with E-state index >= 15 is 0 Å². The first-order chi connectivity index (χ1) is 12.8. The van der Waals surface area contributed by atoms with Crippen molar-refractivity contribution in [1.82, 2.24) is 0 Å². The van der Waals surface area contributed by atoms with E-state index in [0.29, 0.717) is 0 Å². The zero-order valence-corrected chi connectivity index (χ0v) is 11.2. The molecule has 22 heavy (non-hydrogen) atoms. The Hall–Kier alpha value is -2.82. The van der Waals surface area contributed by atoms with Gasteiger partial charge in [0.15, 0.2) is 11.4 Å². The van der Waals surface area contributed by atoms with Crippen LogP contribution in [0.2, 0.25) is 0 Å². The van der Waals surface area contributed by atoms with Gasteiger partial charge in [-0.3, -0.25) is 4.79 Å². The molecule has 5 nitrogen and oxygen atoms in total. The van der Waals surface area contributed by atoms with Crippen molar-refractivity contribution < 1.29 is 32.8 Å². The highest BCUT2D eigenvalue weighted by Crippen LogP contribution is 2.21. The lowest BCUT2D eigenvalue weighted by Crippen LogP contribution is -2.37. The predicted molar refractivity (Wildman–Crippen MR) is 80.3 cm³/mol. The van der Waals surface area contributed by atoms with Crippen LogP contribution in [0, 0.1) is 0 Å². The fourth-order valence-electron chi connectivity index (χ4n) is 1.67. The number of ketones is 1. The summed E-state index contributed by atoms with van der Waals surface area (Å²) in [6.07, 6.45) is 0. The topological polar surface area (TPSA) is 83.8 Å². The largest absolute Gasteiger partial charge is 0.508 e. The second-order valence-corrected chi connectivity index (χ2v) is 4.49. The second kappa shape index (κ2) is 5.89. The summed E-state index contributed by atoms with van der Waals surface area (Å²) < 4.78 is 49.4. The average molecular weight is 306 g/mol. The van der Waals surface area contributed by atoms with Gasteiger partial charge in [0.2, 0.25) is 0 Å². The molecule has 0 unspecified atom stereocenters. The van der Waals surface area contributed by atoms with Gasteiger partial charge >= 0.3 is 5.97 Å². The molecule has 0 aliphatic heterocycles. The summed E-state index contributed by atoms with van der Waals surface area (Å²) in [5, 5.41) is 18.6. The predicted octanol–water partition coefficient (Wildman–Crippen LogP) is 2.87. The zero-order valence-electron chi connectivity index (χ0n) is 17.2. The van der Waals surface area contributed by atoms with E-state index in [1.54, 1.807) is 0 Å². The fourth-order valence-corrected chi connectivity index (χ4v) is 1.67. The molecule has 0 saturated heterocycles. The second-order valence-electron chi connectivity index (χ2n) is 4.49. The molecule has 5 heteroatoms. The van der Waals surface area contributed by atoms with Crippen molar-refractivity contribution in [3.63, 3.8) is 0 Å². The number of benzene rings is 2. The molecule has 0 amide bonds. The Morgan fingerprint density at radius 3 is 1.95 bits per heavy atom. The zero-order chi connectivity index (χ0) is 21.3. The van der Waals surface area contributed by atoms with Crippen LogP contribution in [0.25, 0.3) is 0 Å². The lowest BCUT2D eigenvalue weighted by molar-refractivity contribution is -0.152. The van der Waals surface area contributed by atoms with Crippen molar-refractivity contribution in [3.05, 3.63) is 59.7 Å². The van der Waals surface area contributed by atoms with Gasteiger partial charge in [-0.1, -0.05) is 0 Å². The molecule has 2 N–H and O–H groups in total. The fraction of sp³-hybridized carbons (Fsp3) is 0.176. The number of carbonyl (C=O) groups excluding carboxylic acids is 1. The number of hydrogen-bond acceptors (Lipinski definition) is 4. The van der Waals surface area contributed by atoms with Crippen LogP contribution < -0.4 is 4.74 Å². The third kappa shape index (κ3) is 3.44. The molecule has 0 saturated carbocycles. The first-order valence-electron chi connectivity index (χ1n) is 9.16. The van der Waals surface area contributed by atoms with Gasteiger partial charge in [-0.25, -0.2) is 4.79 Å². The Bertz CT molecular complexity index is 855. The number of carboxylic acid groups (broad SMARTS) is 1. The summed E-state index contributed by atoms with van der Waals surface area (Å²) >= 11 is 0. The van der Waals surface area contributed by atoms with Crippen molar-refractivity contribution in [1.29, 1.82) is 0 Å². The van der Waals surface area contributed by atoms with E-state index in [-0.39, 0.29) is 22.6 Å². The summed E-state index contributed by atoms with van der Waals surface area (Å²) in [6, 6.07) is 10.2. The number of ether oxygens (including phenoxy) is 1. The molecule has 0 aliphatic carbocycles. The van der Waals surface area contributed by atoms with Gasteiger partial charge in [-0.2, -0.15) is 0 Å². The van der Waals surface area contributed by atoms with Crippen LogP contribution in [0.15, 0.2) is 48.5 Å². The quantitative estimate of drug-likeness (QED) is 0.830. The minimum Gasteiger partial charge on any atom is -0.508 e. The third-order valence-electron chi connectivity index (χ3n) is 2.82. The van der Waals surface area contributed by atoms with Gasteiger partial charge < -0.3 is 14.9 Å². The van der Waals surface area contributed by atoms with E-state index < -0.39 is 31.1 Å². The van der Waals surface area contributed by atoms with Crippen molar-refractivity contribution in [2.24, 2.45) is 0 Å². The molecule has 2 aromatic carbocycles. The minimum atomic E-state index is -3.50. The molecule has 0 bridgehead atoms. The molecule has 0 aromatic heterocycles. The van der Waals surface area contributed by atoms with Crippen LogP contribution in [-0.2, 0) is 4.79 Å². The highest BCUT2D eigenvalue weighted by molar-refractivity contribution is 6.09. The number of phenolic OH excluding ortho intramolecular Hbond substituents is 1. The van der Waals surface area contributed by atoms with Crippen molar-refractivity contribution in [2.45, 2.75) is 19.3 Å². The SMILES string of the molecule is [2H]C([2H])([2H])C(Oc1ccc(C(=O)c2ccc(O)cc2)cc1)(C(=O)O)C([2H])([2H])[2H]. The third-order valence-corrected chi connectivity index (χ3v) is 2.82. The summed E-state index contributed by atoms with van der Waals surface area (Å²) in [7, 11) is 0. The Morgan fingerprint density at radius 2 is 1.50 bits per heavy atom. The number of carboxylic acids is 1. The van der Waals surface area contributed by atoms with Gasteiger partial charge in [0.25, 0.3) is 0 Å². The highest BCUT2D eigenvalue weighted by Gasteiger charge is 2.29. The van der Waals surface area contributed by atoms with E-state index in [1.807, 2.05) is 0 Å². The molecule has 0 aliphatic rings. The molecule has 0 radical (unpaired) electrons. The van der Waals surface area contributed by atoms with Crippen LogP contribution in [0.5, 0.6) is 11.5 Å². The molecule has 0 heterocycles. The number of aliphatic carboxylic acids is 1. The highest BCUT2D eigenvalue weighted by atomic mass is 16.5. The molecule has 0 spiro atoms. The molecular weight excluding hydrogens is 284 g/mol. The van der Waals surface area contributed by atoms with E-state index in [4.69, 9.17) is 13.0 Å². The Labute approximate surface area is 136 Å². The van der Waals surface area contributed by atoms with Crippen LogP contribution in [0.3, 0.4) is 0 Å². The number of carbonyl (C=O) groups is 2. The minimum absolute atomic E-state index is 0.0142. The molecular formula is C17H16O5. The molecule has 114 valence electrons. The molecule has 2 rings (SSSR count). The van der Waals surface area contributed by atoms with Crippen molar-refractivity contribution in [3.8, 4) is 11.5 Å². The van der Waals surface area contributed by atoms with E-state index in [9.17, 15) is 19.8 Å². The molecule has 0 atom stereocenters. The smallest absolute Gasteiger partial charge is 0.347 e. The standard InChI is InChI=1S/C17H16O5/c1-17(2,16(20)21)22-14-9-5-12(6-10-14)15(19)11-3-7-13(18)8-4-11/h3-10,18H,1-2H3,(H,20,21)/i1D3,2D3. The first-order valence-corrected chi connectivity index (χ1v) is 6.16. The van der Waals surface area contributed by atoms with E-state index in [2.05, 4.69) is 0 Å². The number of phenols is 1. The number of aromatic hydroxyl groups is 1. The number of hydrogen-bond donors (Lipinski definition) is 2. The van der Waals surface area contributed by atoms with Gasteiger partial charge in [0.1, 0.15) is 11.5 Å². The van der Waals surface area contributed by atoms with Crippen LogP contribution in [0.4, 0.5) is 0 Å². The number of rotatable bonds is 5. The van der Waals surface area contributed by atoms with E-state index in [0.717, 1.165) is 12.1 Å². The average Bonchev–Trinajstić information content (AvgIpc) is 2.57. The lowest BCUT2D eigenvalue weighted by atomic mass is 10.0. The summed E-state index contributed by atoms with van der Waals surface area (Å²) in [6.45, 7) is -6.99. The van der Waals surface area contributed by atoms with Crippen LogP contribution >= 0.6 is 0 Å². The lowest BCUT2D eigenvalue weighted by Gasteiger charge is -2.21. The summed E-state index contributed by atoms with van der Waals surface area (Å²) in [5.41, 5.74) is -3.03. The molecule has 0 fully saturated rings. The van der Waals surface area contributed by atoms with Crippen LogP contribution in [-0.4, -0.2) is 27.6 Å². The van der Waals surface area contributed by atoms with Gasteiger partial charge in [-0.15, -0.1) is 0 Å². The van der Waals surface area contributed by atoms with Gasteiger partial charge in [0.05, 0.1) is 0 Å². The normalized spacial score (nSPS) is 16.2.